The Morgan fingerprint density at radius 1 is 0.763 bits per heavy atom. The van der Waals surface area contributed by atoms with Gasteiger partial charge in [0.2, 0.25) is 0 Å². The highest BCUT2D eigenvalue weighted by molar-refractivity contribution is 5.96. The largest absolute Gasteiger partial charge is 0.453 e. The van der Waals surface area contributed by atoms with Gasteiger partial charge in [0.15, 0.2) is 6.61 Å². The van der Waals surface area contributed by atoms with Crippen LogP contribution in [0.2, 0.25) is 0 Å². The lowest BCUT2D eigenvalue weighted by Gasteiger charge is -2.33. The average molecular weight is 529 g/mol. The fourth-order valence-electron chi connectivity index (χ4n) is 2.92. The van der Waals surface area contributed by atoms with Crippen LogP contribution in [0.5, 0.6) is 5.75 Å². The number of esters is 2. The van der Waals surface area contributed by atoms with Crippen molar-refractivity contribution in [2.24, 2.45) is 0 Å². The minimum absolute atomic E-state index is 0.227. The quantitative estimate of drug-likeness (QED) is 0.0607. The van der Waals surface area contributed by atoms with Gasteiger partial charge in [-0.1, -0.05) is 63.6 Å². The number of para-hydroxylation sites is 1. The zero-order valence-electron chi connectivity index (χ0n) is 23.4. The molecule has 1 aromatic carbocycles. The highest BCUT2D eigenvalue weighted by atomic mass is 16.7. The van der Waals surface area contributed by atoms with Crippen LogP contribution in [0.15, 0.2) is 81.0 Å². The molecule has 0 aliphatic carbocycles. The lowest BCUT2D eigenvalue weighted by atomic mass is 10.0. The van der Waals surface area contributed by atoms with Gasteiger partial charge in [0.1, 0.15) is 28.8 Å². The van der Waals surface area contributed by atoms with Crippen molar-refractivity contribution in [3.05, 3.63) is 81.0 Å². The van der Waals surface area contributed by atoms with Gasteiger partial charge in [0.05, 0.1) is 0 Å². The Kier molecular flexibility index (Phi) is 26.6. The molecule has 0 N–H and O–H groups in total. The van der Waals surface area contributed by atoms with E-state index in [1.54, 1.807) is 30.3 Å². The molecule has 0 fully saturated rings. The predicted octanol–water partition coefficient (Wildman–Crippen LogP) is 6.95. The van der Waals surface area contributed by atoms with Crippen LogP contribution in [-0.4, -0.2) is 36.2 Å². The molecule has 1 rings (SSSR count). The summed E-state index contributed by atoms with van der Waals surface area (Å²) >= 11 is 0. The molecule has 0 radical (unpaired) electrons. The molecule has 7 nitrogen and oxygen atoms in total. The lowest BCUT2D eigenvalue weighted by Crippen LogP contribution is -2.46. The van der Waals surface area contributed by atoms with Gasteiger partial charge in [-0.2, -0.15) is 0 Å². The summed E-state index contributed by atoms with van der Waals surface area (Å²) in [6, 6.07) is 8.64. The first-order chi connectivity index (χ1) is 18.4. The van der Waals surface area contributed by atoms with Crippen LogP contribution in [-0.2, 0) is 28.7 Å². The number of hydrogen-bond acceptors (Lipinski definition) is 7. The highest BCUT2D eigenvalue weighted by Crippen LogP contribution is 2.27. The second-order valence-electron chi connectivity index (χ2n) is 7.62. The van der Waals surface area contributed by atoms with Crippen LogP contribution in [0.3, 0.4) is 0 Å². The van der Waals surface area contributed by atoms with E-state index < -0.39 is 24.3 Å². The second-order valence-corrected chi connectivity index (χ2v) is 7.62. The third-order valence-electron chi connectivity index (χ3n) is 4.83. The standard InChI is InChI=1S/C25H32O7.3C2H4/c1-4-5-6-7-8-9-13-16-25(32-24(29)21(3)18-27,19-30-23(28)20(2)17-26)31-22-14-11-10-12-15-22;3*1-2/h10-12,14-15H,4-9,13,16,19H2,1-3H3;3*1-2H2. The van der Waals surface area contributed by atoms with E-state index in [1.165, 1.54) is 32.2 Å². The zero-order valence-corrected chi connectivity index (χ0v) is 23.4. The Morgan fingerprint density at radius 2 is 1.24 bits per heavy atom. The summed E-state index contributed by atoms with van der Waals surface area (Å²) in [6.45, 7) is 22.3. The minimum Gasteiger partial charge on any atom is -0.453 e. The Labute approximate surface area is 228 Å². The summed E-state index contributed by atoms with van der Waals surface area (Å²) in [4.78, 5) is 46.1. The summed E-state index contributed by atoms with van der Waals surface area (Å²) in [5.41, 5.74) is -0.509. The molecule has 0 aliphatic rings. The van der Waals surface area contributed by atoms with E-state index in [0.29, 0.717) is 12.2 Å². The second kappa shape index (κ2) is 26.2. The summed E-state index contributed by atoms with van der Waals surface area (Å²) in [5, 5.41) is 0. The molecule has 0 aromatic heterocycles. The van der Waals surface area contributed by atoms with Crippen LogP contribution in [0.4, 0.5) is 0 Å². The molecule has 1 unspecified atom stereocenters. The van der Waals surface area contributed by atoms with Gasteiger partial charge < -0.3 is 14.2 Å². The minimum atomic E-state index is -1.67. The van der Waals surface area contributed by atoms with Gasteiger partial charge in [-0.15, -0.1) is 39.5 Å². The van der Waals surface area contributed by atoms with Crippen molar-refractivity contribution in [3.63, 3.8) is 0 Å². The molecule has 7 heteroatoms. The van der Waals surface area contributed by atoms with Crippen molar-refractivity contribution in [2.75, 3.05) is 6.61 Å². The first-order valence-corrected chi connectivity index (χ1v) is 12.5. The molecular formula is C31H44O7. The Bertz CT molecular complexity index is 876. The van der Waals surface area contributed by atoms with E-state index in [9.17, 15) is 19.2 Å². The molecule has 1 atom stereocenters. The molecule has 0 saturated carbocycles. The number of carbonyl (C=O) groups is 2. The fraction of sp³-hybridized carbons (Fsp3) is 0.419. The summed E-state index contributed by atoms with van der Waals surface area (Å²) in [5.74, 6) is -0.0822. The zero-order chi connectivity index (χ0) is 29.8. The number of hydrogen-bond donors (Lipinski definition) is 0. The maximum absolute atomic E-state index is 12.4. The van der Waals surface area contributed by atoms with Crippen molar-refractivity contribution >= 4 is 23.8 Å². The van der Waals surface area contributed by atoms with Gasteiger partial charge in [-0.25, -0.2) is 19.2 Å². The van der Waals surface area contributed by atoms with Crippen LogP contribution >= 0.6 is 0 Å². The van der Waals surface area contributed by atoms with Crippen molar-refractivity contribution in [2.45, 2.75) is 77.9 Å². The monoisotopic (exact) mass is 528 g/mol. The van der Waals surface area contributed by atoms with E-state index in [0.717, 1.165) is 32.1 Å². The third-order valence-corrected chi connectivity index (χ3v) is 4.83. The fourth-order valence-corrected chi connectivity index (χ4v) is 2.92. The predicted molar refractivity (Wildman–Crippen MR) is 153 cm³/mol. The van der Waals surface area contributed by atoms with Gasteiger partial charge >= 0.3 is 11.9 Å². The number of carbonyl (C=O) groups excluding carboxylic acids is 4. The maximum Gasteiger partial charge on any atom is 0.348 e. The molecular weight excluding hydrogens is 484 g/mol. The van der Waals surface area contributed by atoms with Crippen LogP contribution in [0, 0.1) is 0 Å². The normalized spacial score (nSPS) is 10.4. The number of benzene rings is 1. The summed E-state index contributed by atoms with van der Waals surface area (Å²) in [6.07, 6.45) is 7.35. The molecule has 210 valence electrons. The lowest BCUT2D eigenvalue weighted by molar-refractivity contribution is -0.216. The van der Waals surface area contributed by atoms with E-state index in [4.69, 9.17) is 14.2 Å². The topological polar surface area (TPSA) is 96.0 Å². The average Bonchev–Trinajstić information content (AvgIpc) is 2.98. The molecule has 0 bridgehead atoms. The van der Waals surface area contributed by atoms with E-state index in [2.05, 4.69) is 46.4 Å². The van der Waals surface area contributed by atoms with Gasteiger partial charge in [0, 0.05) is 6.42 Å². The highest BCUT2D eigenvalue weighted by Gasteiger charge is 2.39. The van der Waals surface area contributed by atoms with Crippen LogP contribution in [0.1, 0.15) is 72.1 Å². The molecule has 38 heavy (non-hydrogen) atoms. The number of rotatable bonds is 15. The van der Waals surface area contributed by atoms with Crippen molar-refractivity contribution < 1.29 is 33.4 Å². The number of unbranched alkanes of at least 4 members (excludes halogenated alkanes) is 6. The van der Waals surface area contributed by atoms with Crippen molar-refractivity contribution in [1.29, 1.82) is 0 Å². The van der Waals surface area contributed by atoms with Gasteiger partial charge in [-0.3, -0.25) is 0 Å². The van der Waals surface area contributed by atoms with Crippen LogP contribution in [0.25, 0.3) is 0 Å². The Hall–Kier alpha value is -3.92. The van der Waals surface area contributed by atoms with Crippen molar-refractivity contribution in [1.82, 2.24) is 0 Å². The third kappa shape index (κ3) is 17.5. The van der Waals surface area contributed by atoms with Crippen molar-refractivity contribution in [3.8, 4) is 5.75 Å². The smallest absolute Gasteiger partial charge is 0.348 e. The molecule has 0 heterocycles. The SMILES string of the molecule is C=C.C=C.C=C.CCCCCCCCCC(COC(=O)C(C)=C=O)(OC(=O)C(C)=C=O)Oc1ccccc1. The first-order valence-electron chi connectivity index (χ1n) is 12.5. The maximum atomic E-state index is 12.4. The Balaban J connectivity index is -0.00000190. The molecule has 0 amide bonds. The summed E-state index contributed by atoms with van der Waals surface area (Å²) in [7, 11) is 0. The number of ether oxygens (including phenoxy) is 3. The molecule has 0 spiro atoms. The van der Waals surface area contributed by atoms with E-state index in [-0.39, 0.29) is 17.6 Å². The Morgan fingerprint density at radius 3 is 1.74 bits per heavy atom. The van der Waals surface area contributed by atoms with Crippen LogP contribution < -0.4 is 4.74 Å². The molecule has 1 aromatic rings. The molecule has 0 aliphatic heterocycles. The first kappa shape index (κ1) is 38.6. The van der Waals surface area contributed by atoms with E-state index in [1.807, 2.05) is 0 Å². The van der Waals surface area contributed by atoms with Gasteiger partial charge in [0.25, 0.3) is 5.79 Å². The molecule has 0 saturated heterocycles. The van der Waals surface area contributed by atoms with Gasteiger partial charge in [-0.05, 0) is 32.4 Å². The summed E-state index contributed by atoms with van der Waals surface area (Å²) < 4.78 is 16.8. The van der Waals surface area contributed by atoms with E-state index >= 15 is 0 Å².